The van der Waals surface area contributed by atoms with E-state index in [0.717, 1.165) is 44.5 Å². The Bertz CT molecular complexity index is 1400. The largest absolute Gasteiger partial charge is 0.493 e. The number of nitrogens with one attached hydrogen (secondary N) is 1. The van der Waals surface area contributed by atoms with Gasteiger partial charge >= 0.3 is 0 Å². The molecule has 0 fully saturated rings. The molecule has 1 amide bonds. The summed E-state index contributed by atoms with van der Waals surface area (Å²) >= 11 is 0. The number of allylic oxidation sites excluding steroid dienone is 1. The van der Waals surface area contributed by atoms with E-state index in [4.69, 9.17) is 9.15 Å². The highest BCUT2D eigenvalue weighted by atomic mass is 19.1. The van der Waals surface area contributed by atoms with E-state index in [-0.39, 0.29) is 11.7 Å². The number of carbonyl (C=O) groups excluding carboxylic acids is 1. The molecule has 0 radical (unpaired) electrons. The number of aryl methyl sites for hydroxylation is 3. The predicted molar refractivity (Wildman–Crippen MR) is 136 cm³/mol. The van der Waals surface area contributed by atoms with Gasteiger partial charge in [-0.25, -0.2) is 4.39 Å². The molecule has 5 heteroatoms. The molecule has 4 rings (SSSR count). The van der Waals surface area contributed by atoms with E-state index >= 15 is 0 Å². The van der Waals surface area contributed by atoms with Crippen molar-refractivity contribution in [2.24, 2.45) is 0 Å². The van der Waals surface area contributed by atoms with Crippen molar-refractivity contribution in [3.63, 3.8) is 0 Å². The number of hydrogen-bond donors (Lipinski definition) is 1. The molecule has 1 aromatic heterocycles. The number of furan rings is 1. The van der Waals surface area contributed by atoms with Crippen LogP contribution in [0.4, 0.5) is 10.1 Å². The second kappa shape index (κ2) is 9.56. The number of benzene rings is 3. The summed E-state index contributed by atoms with van der Waals surface area (Å²) in [5, 5.41) is 3.82. The normalized spacial score (nSPS) is 11.6. The highest BCUT2D eigenvalue weighted by molar-refractivity contribution is 6.06. The van der Waals surface area contributed by atoms with Crippen LogP contribution in [-0.4, -0.2) is 12.5 Å². The van der Waals surface area contributed by atoms with Crippen molar-refractivity contribution in [2.45, 2.75) is 34.6 Å². The molecule has 4 aromatic rings. The lowest BCUT2D eigenvalue weighted by Crippen LogP contribution is -2.09. The van der Waals surface area contributed by atoms with E-state index in [1.165, 1.54) is 17.7 Å². The summed E-state index contributed by atoms with van der Waals surface area (Å²) in [5.74, 6) is 0.176. The van der Waals surface area contributed by atoms with Gasteiger partial charge in [-0.3, -0.25) is 4.79 Å². The Hall–Kier alpha value is -3.86. The topological polar surface area (TPSA) is 51.5 Å². The molecule has 0 aliphatic carbocycles. The second-order valence-corrected chi connectivity index (χ2v) is 8.46. The van der Waals surface area contributed by atoms with Gasteiger partial charge in [0.1, 0.15) is 17.1 Å². The van der Waals surface area contributed by atoms with Crippen LogP contribution in [-0.2, 0) is 4.79 Å². The van der Waals surface area contributed by atoms with Gasteiger partial charge in [0.05, 0.1) is 12.9 Å². The van der Waals surface area contributed by atoms with E-state index in [2.05, 4.69) is 5.32 Å². The number of ether oxygens (including phenoxy) is 1. The van der Waals surface area contributed by atoms with Crippen molar-refractivity contribution in [3.8, 4) is 16.9 Å². The van der Waals surface area contributed by atoms with Gasteiger partial charge in [0.2, 0.25) is 5.91 Å². The minimum atomic E-state index is -0.291. The lowest BCUT2D eigenvalue weighted by Gasteiger charge is -2.15. The molecule has 0 bridgehead atoms. The van der Waals surface area contributed by atoms with E-state index < -0.39 is 0 Å². The first-order valence-electron chi connectivity index (χ1n) is 11.3. The first-order valence-corrected chi connectivity index (χ1v) is 11.3. The maximum atomic E-state index is 13.4. The lowest BCUT2D eigenvalue weighted by molar-refractivity contribution is -0.111. The number of halogens is 1. The molecule has 174 valence electrons. The fourth-order valence-corrected chi connectivity index (χ4v) is 4.06. The zero-order chi connectivity index (χ0) is 24.4. The van der Waals surface area contributed by atoms with Crippen molar-refractivity contribution >= 4 is 28.1 Å². The Kier molecular flexibility index (Phi) is 6.55. The third-order valence-electron chi connectivity index (χ3n) is 6.03. The third kappa shape index (κ3) is 4.60. The zero-order valence-corrected chi connectivity index (χ0v) is 20.1. The fraction of sp³-hybridized carbons (Fsp3) is 0.207. The van der Waals surface area contributed by atoms with Crippen molar-refractivity contribution < 1.29 is 18.3 Å². The van der Waals surface area contributed by atoms with Crippen LogP contribution in [0.15, 0.2) is 65.3 Å². The minimum absolute atomic E-state index is 0.216. The molecule has 0 saturated carbocycles. The molecular formula is C29H28FNO3. The van der Waals surface area contributed by atoms with Gasteiger partial charge in [-0.2, -0.15) is 0 Å². The second-order valence-electron chi connectivity index (χ2n) is 8.46. The summed E-state index contributed by atoms with van der Waals surface area (Å²) in [6, 6.07) is 14.1. The summed E-state index contributed by atoms with van der Waals surface area (Å²) in [6.45, 7) is 10.3. The zero-order valence-electron chi connectivity index (χ0n) is 20.1. The summed E-state index contributed by atoms with van der Waals surface area (Å²) in [5.41, 5.74) is 7.89. The summed E-state index contributed by atoms with van der Waals surface area (Å²) < 4.78 is 25.3. The predicted octanol–water partition coefficient (Wildman–Crippen LogP) is 7.60. The van der Waals surface area contributed by atoms with Crippen molar-refractivity contribution in [1.82, 2.24) is 0 Å². The molecule has 0 atom stereocenters. The van der Waals surface area contributed by atoms with Gasteiger partial charge in [0, 0.05) is 33.8 Å². The van der Waals surface area contributed by atoms with Crippen LogP contribution in [0.3, 0.4) is 0 Å². The SMILES string of the molecule is CCOc1c(/C(C)=C/C(=O)Nc2ccc(C)c(C)c2)cc2c(-c3ccc(F)cc3)coc2c1C. The van der Waals surface area contributed by atoms with Crippen molar-refractivity contribution in [3.05, 3.63) is 88.9 Å². The van der Waals surface area contributed by atoms with E-state index in [1.807, 2.05) is 58.9 Å². The monoisotopic (exact) mass is 457 g/mol. The quantitative estimate of drug-likeness (QED) is 0.303. The minimum Gasteiger partial charge on any atom is -0.493 e. The molecule has 0 saturated heterocycles. The van der Waals surface area contributed by atoms with Gasteiger partial charge in [-0.1, -0.05) is 18.2 Å². The Morgan fingerprint density at radius 1 is 1.06 bits per heavy atom. The lowest BCUT2D eigenvalue weighted by atomic mass is 9.96. The first kappa shape index (κ1) is 23.3. The summed E-state index contributed by atoms with van der Waals surface area (Å²) in [7, 11) is 0. The van der Waals surface area contributed by atoms with Gasteiger partial charge in [0.25, 0.3) is 0 Å². The number of fused-ring (bicyclic) bond motifs is 1. The van der Waals surface area contributed by atoms with Gasteiger partial charge in [-0.15, -0.1) is 0 Å². The molecule has 1 N–H and O–H groups in total. The van der Waals surface area contributed by atoms with Gasteiger partial charge in [-0.05, 0) is 87.2 Å². The molecule has 4 nitrogen and oxygen atoms in total. The Morgan fingerprint density at radius 2 is 1.79 bits per heavy atom. The smallest absolute Gasteiger partial charge is 0.248 e. The average molecular weight is 458 g/mol. The van der Waals surface area contributed by atoms with Crippen LogP contribution in [0.2, 0.25) is 0 Å². The van der Waals surface area contributed by atoms with Crippen LogP contribution in [0, 0.1) is 26.6 Å². The number of amides is 1. The number of rotatable bonds is 6. The van der Waals surface area contributed by atoms with Crippen LogP contribution in [0.1, 0.15) is 36.1 Å². The number of carbonyl (C=O) groups is 1. The van der Waals surface area contributed by atoms with Crippen LogP contribution in [0.25, 0.3) is 27.7 Å². The number of hydrogen-bond acceptors (Lipinski definition) is 3. The molecule has 0 aliphatic heterocycles. The maximum Gasteiger partial charge on any atom is 0.248 e. The Balaban J connectivity index is 1.76. The molecule has 0 unspecified atom stereocenters. The Morgan fingerprint density at radius 3 is 2.47 bits per heavy atom. The summed E-state index contributed by atoms with van der Waals surface area (Å²) in [4.78, 5) is 12.8. The molecular weight excluding hydrogens is 429 g/mol. The van der Waals surface area contributed by atoms with Crippen molar-refractivity contribution in [2.75, 3.05) is 11.9 Å². The van der Waals surface area contributed by atoms with Gasteiger partial charge in [0.15, 0.2) is 0 Å². The standard InChI is InChI=1S/C29H28FNO3/c1-6-33-28-20(5)29-25(26(16-34-29)21-8-10-22(30)11-9-21)15-24(28)19(4)14-27(32)31-23-12-7-17(2)18(3)13-23/h7-16H,6H2,1-5H3,(H,31,32)/b19-14+. The number of anilines is 1. The van der Waals surface area contributed by atoms with Crippen LogP contribution >= 0.6 is 0 Å². The van der Waals surface area contributed by atoms with Gasteiger partial charge < -0.3 is 14.5 Å². The highest BCUT2D eigenvalue weighted by Gasteiger charge is 2.19. The van der Waals surface area contributed by atoms with Crippen LogP contribution < -0.4 is 10.1 Å². The molecule has 0 spiro atoms. The molecule has 1 heterocycles. The highest BCUT2D eigenvalue weighted by Crippen LogP contribution is 2.40. The van der Waals surface area contributed by atoms with Crippen molar-refractivity contribution in [1.29, 1.82) is 0 Å². The van der Waals surface area contributed by atoms with E-state index in [9.17, 15) is 9.18 Å². The third-order valence-corrected chi connectivity index (χ3v) is 6.03. The maximum absolute atomic E-state index is 13.4. The Labute approximate surface area is 199 Å². The molecule has 34 heavy (non-hydrogen) atoms. The fourth-order valence-electron chi connectivity index (χ4n) is 4.06. The van der Waals surface area contributed by atoms with Crippen LogP contribution in [0.5, 0.6) is 5.75 Å². The van der Waals surface area contributed by atoms with E-state index in [0.29, 0.717) is 17.9 Å². The summed E-state index contributed by atoms with van der Waals surface area (Å²) in [6.07, 6.45) is 3.26. The molecule has 0 aliphatic rings. The average Bonchev–Trinajstić information content (AvgIpc) is 3.23. The molecule has 3 aromatic carbocycles. The first-order chi connectivity index (χ1) is 16.3. The van der Waals surface area contributed by atoms with E-state index in [1.54, 1.807) is 24.5 Å².